The third kappa shape index (κ3) is 4.42. The normalized spacial score (nSPS) is 12.0. The summed E-state index contributed by atoms with van der Waals surface area (Å²) < 4.78 is 18.3. The van der Waals surface area contributed by atoms with Crippen molar-refractivity contribution in [2.24, 2.45) is 5.92 Å². The van der Waals surface area contributed by atoms with E-state index in [4.69, 9.17) is 4.74 Å². The predicted octanol–water partition coefficient (Wildman–Crippen LogP) is 3.29. The van der Waals surface area contributed by atoms with Gasteiger partial charge in [0.2, 0.25) is 0 Å². The number of hydrogen-bond donors (Lipinski definition) is 0. The van der Waals surface area contributed by atoms with E-state index in [-0.39, 0.29) is 24.6 Å². The summed E-state index contributed by atoms with van der Waals surface area (Å²) in [6.45, 7) is 3.72. The third-order valence-electron chi connectivity index (χ3n) is 2.73. The molecule has 0 aliphatic carbocycles. The van der Waals surface area contributed by atoms with Gasteiger partial charge in [-0.15, -0.1) is 0 Å². The summed E-state index contributed by atoms with van der Waals surface area (Å²) in [5.41, 5.74) is 0.668. The zero-order chi connectivity index (χ0) is 14.4. The Morgan fingerprint density at radius 2 is 2.05 bits per heavy atom. The molecular formula is C14H16BrFO3. The first kappa shape index (κ1) is 15.8. The van der Waals surface area contributed by atoms with Crippen LogP contribution in [0, 0.1) is 11.7 Å². The molecule has 3 nitrogen and oxygen atoms in total. The van der Waals surface area contributed by atoms with Gasteiger partial charge in [-0.3, -0.25) is 9.59 Å². The van der Waals surface area contributed by atoms with E-state index in [1.807, 2.05) is 0 Å². The van der Waals surface area contributed by atoms with Crippen molar-refractivity contribution in [1.29, 1.82) is 0 Å². The fraction of sp³-hybridized carbons (Fsp3) is 0.429. The Labute approximate surface area is 120 Å². The van der Waals surface area contributed by atoms with Crippen LogP contribution in [0.1, 0.15) is 25.8 Å². The molecule has 0 aromatic heterocycles. The fourth-order valence-electron chi connectivity index (χ4n) is 1.74. The summed E-state index contributed by atoms with van der Waals surface area (Å²) in [4.78, 5) is 23.7. The van der Waals surface area contributed by atoms with Crippen LogP contribution in [-0.2, 0) is 20.7 Å². The van der Waals surface area contributed by atoms with Gasteiger partial charge in [0.1, 0.15) is 11.7 Å². The molecule has 1 aromatic carbocycles. The Morgan fingerprint density at radius 3 is 2.58 bits per heavy atom. The predicted molar refractivity (Wildman–Crippen MR) is 73.2 cm³/mol. The Morgan fingerprint density at radius 1 is 1.37 bits per heavy atom. The van der Waals surface area contributed by atoms with E-state index < -0.39 is 11.9 Å². The maximum absolute atomic E-state index is 13.1. The maximum Gasteiger partial charge on any atom is 0.316 e. The average molecular weight is 331 g/mol. The van der Waals surface area contributed by atoms with Crippen LogP contribution in [0.2, 0.25) is 0 Å². The lowest BCUT2D eigenvalue weighted by atomic mass is 9.96. The highest BCUT2D eigenvalue weighted by molar-refractivity contribution is 9.10. The summed E-state index contributed by atoms with van der Waals surface area (Å²) in [5.74, 6) is -1.83. The number of benzene rings is 1. The van der Waals surface area contributed by atoms with Crippen LogP contribution in [0.5, 0.6) is 0 Å². The van der Waals surface area contributed by atoms with E-state index >= 15 is 0 Å². The van der Waals surface area contributed by atoms with E-state index in [0.29, 0.717) is 16.5 Å². The molecule has 1 aromatic rings. The van der Waals surface area contributed by atoms with Gasteiger partial charge in [-0.1, -0.05) is 13.0 Å². The molecule has 104 valence electrons. The molecule has 0 radical (unpaired) electrons. The second-order valence-electron chi connectivity index (χ2n) is 4.10. The molecule has 1 unspecified atom stereocenters. The van der Waals surface area contributed by atoms with Gasteiger partial charge in [-0.25, -0.2) is 4.39 Å². The van der Waals surface area contributed by atoms with Gasteiger partial charge in [-0.2, -0.15) is 0 Å². The Hall–Kier alpha value is -1.23. The molecule has 0 bridgehead atoms. The number of ketones is 1. The summed E-state index contributed by atoms with van der Waals surface area (Å²) in [6.07, 6.45) is 0.496. The van der Waals surface area contributed by atoms with Crippen LogP contribution < -0.4 is 0 Å². The van der Waals surface area contributed by atoms with Gasteiger partial charge >= 0.3 is 5.97 Å². The first-order valence-corrected chi connectivity index (χ1v) is 6.92. The number of hydrogen-bond acceptors (Lipinski definition) is 3. The second kappa shape index (κ2) is 7.38. The fourth-order valence-corrected chi connectivity index (χ4v) is 2.17. The molecule has 1 atom stereocenters. The van der Waals surface area contributed by atoms with Crippen molar-refractivity contribution >= 4 is 27.7 Å². The molecule has 5 heteroatoms. The van der Waals surface area contributed by atoms with Gasteiger partial charge in [-0.05, 0) is 47.0 Å². The van der Waals surface area contributed by atoms with E-state index in [1.165, 1.54) is 12.1 Å². The molecule has 0 heterocycles. The quantitative estimate of drug-likeness (QED) is 0.593. The number of esters is 1. The van der Waals surface area contributed by atoms with Gasteiger partial charge < -0.3 is 4.74 Å². The van der Waals surface area contributed by atoms with E-state index in [0.717, 1.165) is 0 Å². The number of rotatable bonds is 6. The molecule has 0 saturated carbocycles. The highest BCUT2D eigenvalue weighted by Gasteiger charge is 2.25. The second-order valence-corrected chi connectivity index (χ2v) is 4.96. The number of carbonyl (C=O) groups excluding carboxylic acids is 2. The molecule has 19 heavy (non-hydrogen) atoms. The van der Waals surface area contributed by atoms with Crippen LogP contribution in [0.4, 0.5) is 4.39 Å². The lowest BCUT2D eigenvalue weighted by Gasteiger charge is -2.12. The van der Waals surface area contributed by atoms with E-state index in [9.17, 15) is 14.0 Å². The van der Waals surface area contributed by atoms with Gasteiger partial charge in [0.25, 0.3) is 0 Å². The molecule has 0 amide bonds. The van der Waals surface area contributed by atoms with Crippen molar-refractivity contribution < 1.29 is 18.7 Å². The Kier molecular flexibility index (Phi) is 6.15. The molecule has 0 aliphatic rings. The smallest absolute Gasteiger partial charge is 0.316 e. The highest BCUT2D eigenvalue weighted by Crippen LogP contribution is 2.19. The van der Waals surface area contributed by atoms with Crippen LogP contribution in [0.15, 0.2) is 22.7 Å². The van der Waals surface area contributed by atoms with Crippen LogP contribution in [0.3, 0.4) is 0 Å². The standard InChI is InChI=1S/C14H16BrFO3/c1-3-10(14(18)19-4-2)13(17)8-9-5-6-12(16)11(15)7-9/h5-7,10H,3-4,8H2,1-2H3. The van der Waals surface area contributed by atoms with Crippen LogP contribution >= 0.6 is 15.9 Å². The summed E-state index contributed by atoms with van der Waals surface area (Å²) in [5, 5.41) is 0. The minimum Gasteiger partial charge on any atom is -0.465 e. The van der Waals surface area contributed by atoms with Gasteiger partial charge in [0.05, 0.1) is 11.1 Å². The monoisotopic (exact) mass is 330 g/mol. The minimum absolute atomic E-state index is 0.0935. The van der Waals surface area contributed by atoms with Crippen LogP contribution in [-0.4, -0.2) is 18.4 Å². The molecule has 0 aliphatic heterocycles. The zero-order valence-electron chi connectivity index (χ0n) is 10.9. The van der Waals surface area contributed by atoms with Gasteiger partial charge in [0, 0.05) is 6.42 Å². The summed E-state index contributed by atoms with van der Waals surface area (Å²) in [6, 6.07) is 4.37. The van der Waals surface area contributed by atoms with Crippen molar-refractivity contribution in [3.63, 3.8) is 0 Å². The van der Waals surface area contributed by atoms with E-state index in [1.54, 1.807) is 19.9 Å². The Balaban J connectivity index is 2.76. The lowest BCUT2D eigenvalue weighted by Crippen LogP contribution is -2.27. The van der Waals surface area contributed by atoms with Gasteiger partial charge in [0.15, 0.2) is 5.78 Å². The highest BCUT2D eigenvalue weighted by atomic mass is 79.9. The number of Topliss-reactive ketones (excluding diaryl/α,β-unsaturated/α-hetero) is 1. The van der Waals surface area contributed by atoms with E-state index in [2.05, 4.69) is 15.9 Å². The molecule has 0 saturated heterocycles. The van der Waals surface area contributed by atoms with Crippen molar-refractivity contribution in [2.45, 2.75) is 26.7 Å². The minimum atomic E-state index is -0.747. The van der Waals surface area contributed by atoms with Crippen molar-refractivity contribution in [3.05, 3.63) is 34.1 Å². The van der Waals surface area contributed by atoms with Crippen molar-refractivity contribution in [1.82, 2.24) is 0 Å². The van der Waals surface area contributed by atoms with Crippen LogP contribution in [0.25, 0.3) is 0 Å². The molecule has 0 N–H and O–H groups in total. The molecule has 0 spiro atoms. The zero-order valence-corrected chi connectivity index (χ0v) is 12.5. The lowest BCUT2D eigenvalue weighted by molar-refractivity contribution is -0.151. The maximum atomic E-state index is 13.1. The topological polar surface area (TPSA) is 43.4 Å². The first-order chi connectivity index (χ1) is 8.99. The summed E-state index contributed by atoms with van der Waals surface area (Å²) in [7, 11) is 0. The number of halogens is 2. The first-order valence-electron chi connectivity index (χ1n) is 6.12. The van der Waals surface area contributed by atoms with Crippen molar-refractivity contribution in [2.75, 3.05) is 6.61 Å². The molecule has 1 rings (SSSR count). The average Bonchev–Trinajstić information content (AvgIpc) is 2.35. The summed E-state index contributed by atoms with van der Waals surface area (Å²) >= 11 is 3.07. The Bertz CT molecular complexity index is 474. The largest absolute Gasteiger partial charge is 0.465 e. The number of carbonyl (C=O) groups is 2. The third-order valence-corrected chi connectivity index (χ3v) is 3.34. The number of ether oxygens (including phenoxy) is 1. The molecule has 0 fully saturated rings. The van der Waals surface area contributed by atoms with Crippen molar-refractivity contribution in [3.8, 4) is 0 Å². The molecular weight excluding hydrogens is 315 g/mol. The SMILES string of the molecule is CCOC(=O)C(CC)C(=O)Cc1ccc(F)c(Br)c1.